The monoisotopic (exact) mass is 272 g/mol. The van der Waals surface area contributed by atoms with E-state index in [1.54, 1.807) is 12.1 Å². The Bertz CT molecular complexity index is 571. The first-order valence-electron chi connectivity index (χ1n) is 6.79. The summed E-state index contributed by atoms with van der Waals surface area (Å²) < 4.78 is 0. The van der Waals surface area contributed by atoms with Crippen LogP contribution in [0, 0.1) is 11.8 Å². The number of hydrogen-bond donors (Lipinski definition) is 0. The average Bonchev–Trinajstić information content (AvgIpc) is 2.71. The highest BCUT2D eigenvalue weighted by molar-refractivity contribution is 6.23. The van der Waals surface area contributed by atoms with Gasteiger partial charge in [0.1, 0.15) is 0 Å². The number of carboxylic acid groups (broad SMARTS) is 1. The maximum absolute atomic E-state index is 12.4. The molecule has 1 aromatic carbocycles. The molecule has 0 aromatic heterocycles. The minimum absolute atomic E-state index is 0.118. The quantitative estimate of drug-likeness (QED) is 0.744. The molecule has 20 heavy (non-hydrogen) atoms. The number of aromatic carboxylic acids is 1. The van der Waals surface area contributed by atoms with Crippen LogP contribution in [0.1, 0.15) is 36.0 Å². The minimum atomic E-state index is -1.38. The number of imide groups is 1. The Hall–Kier alpha value is -2.17. The highest BCUT2D eigenvalue weighted by Gasteiger charge is 2.49. The van der Waals surface area contributed by atoms with Crippen LogP contribution in [-0.2, 0) is 9.59 Å². The molecule has 0 radical (unpaired) electrons. The van der Waals surface area contributed by atoms with Gasteiger partial charge in [0, 0.05) is 5.56 Å². The Kier molecular flexibility index (Phi) is 3.04. The molecule has 3 rings (SSSR count). The van der Waals surface area contributed by atoms with Crippen LogP contribution in [-0.4, -0.2) is 17.8 Å². The Morgan fingerprint density at radius 2 is 1.60 bits per heavy atom. The van der Waals surface area contributed by atoms with E-state index in [0.29, 0.717) is 12.8 Å². The normalized spacial score (nSPS) is 25.7. The highest BCUT2D eigenvalue weighted by Crippen LogP contribution is 2.40. The molecule has 0 bridgehead atoms. The van der Waals surface area contributed by atoms with Crippen molar-refractivity contribution in [1.29, 1.82) is 0 Å². The maximum Gasteiger partial charge on any atom is 0.237 e. The molecular formula is C15H14NO4-. The number of benzene rings is 1. The number of rotatable bonds is 2. The predicted molar refractivity (Wildman–Crippen MR) is 68.7 cm³/mol. The van der Waals surface area contributed by atoms with E-state index >= 15 is 0 Å². The largest absolute Gasteiger partial charge is 0.545 e. The molecule has 1 heterocycles. The van der Waals surface area contributed by atoms with Crippen LogP contribution < -0.4 is 10.0 Å². The van der Waals surface area contributed by atoms with Crippen LogP contribution in [0.4, 0.5) is 5.69 Å². The second kappa shape index (κ2) is 4.74. The van der Waals surface area contributed by atoms with E-state index in [1.165, 1.54) is 12.1 Å². The van der Waals surface area contributed by atoms with Crippen molar-refractivity contribution >= 4 is 23.5 Å². The fourth-order valence-electron chi connectivity index (χ4n) is 3.24. The molecule has 1 aliphatic heterocycles. The van der Waals surface area contributed by atoms with Crippen molar-refractivity contribution in [3.63, 3.8) is 0 Å². The van der Waals surface area contributed by atoms with Gasteiger partial charge in [0.15, 0.2) is 0 Å². The number of carboxylic acids is 1. The molecule has 0 unspecified atom stereocenters. The average molecular weight is 272 g/mol. The predicted octanol–water partition coefficient (Wildman–Crippen LogP) is 0.730. The van der Waals surface area contributed by atoms with Crippen LogP contribution in [0.3, 0.4) is 0 Å². The van der Waals surface area contributed by atoms with E-state index in [0.717, 1.165) is 17.7 Å². The van der Waals surface area contributed by atoms with Gasteiger partial charge in [-0.2, -0.15) is 0 Å². The Morgan fingerprint density at radius 1 is 1.05 bits per heavy atom. The fourth-order valence-corrected chi connectivity index (χ4v) is 3.24. The molecule has 2 fully saturated rings. The van der Waals surface area contributed by atoms with Gasteiger partial charge >= 0.3 is 0 Å². The second-order valence-corrected chi connectivity index (χ2v) is 5.31. The first kappa shape index (κ1) is 12.8. The fraction of sp³-hybridized carbons (Fsp3) is 0.400. The number of nitrogens with zero attached hydrogens (tertiary/aromatic N) is 1. The van der Waals surface area contributed by atoms with Gasteiger partial charge in [-0.3, -0.25) is 9.59 Å². The highest BCUT2D eigenvalue weighted by atomic mass is 16.4. The number of amides is 2. The zero-order valence-corrected chi connectivity index (χ0v) is 10.9. The topological polar surface area (TPSA) is 77.5 Å². The van der Waals surface area contributed by atoms with E-state index in [2.05, 4.69) is 0 Å². The molecule has 5 heteroatoms. The number of fused-ring (bicyclic) bond motifs is 1. The third-order valence-electron chi connectivity index (χ3n) is 4.21. The van der Waals surface area contributed by atoms with Gasteiger partial charge in [0.2, 0.25) is 11.8 Å². The molecule has 1 aliphatic carbocycles. The summed E-state index contributed by atoms with van der Waals surface area (Å²) in [5.41, 5.74) is 0.0183. The van der Waals surface area contributed by atoms with E-state index in [-0.39, 0.29) is 34.9 Å². The summed E-state index contributed by atoms with van der Waals surface area (Å²) in [7, 11) is 0. The lowest BCUT2D eigenvalue weighted by atomic mass is 9.81. The number of anilines is 1. The summed E-state index contributed by atoms with van der Waals surface area (Å²) in [4.78, 5) is 37.0. The van der Waals surface area contributed by atoms with Gasteiger partial charge in [-0.1, -0.05) is 31.0 Å². The standard InChI is InChI=1S/C15H15NO4/c17-13-9-5-1-2-6-10(9)14(18)16(13)12-8-4-3-7-11(12)15(19)20/h3-4,7-10H,1-2,5-6H2,(H,19,20)/p-1/t9-,10-/m0/s1. The minimum Gasteiger partial charge on any atom is -0.545 e. The van der Waals surface area contributed by atoms with Gasteiger partial charge in [-0.05, 0) is 18.9 Å². The molecule has 104 valence electrons. The van der Waals surface area contributed by atoms with Crippen LogP contribution in [0.5, 0.6) is 0 Å². The van der Waals surface area contributed by atoms with Crippen molar-refractivity contribution in [1.82, 2.24) is 0 Å². The first-order chi connectivity index (χ1) is 9.61. The summed E-state index contributed by atoms with van der Waals surface area (Å²) in [6, 6.07) is 6.00. The van der Waals surface area contributed by atoms with Crippen molar-refractivity contribution in [3.05, 3.63) is 29.8 Å². The van der Waals surface area contributed by atoms with Crippen LogP contribution >= 0.6 is 0 Å². The molecule has 0 N–H and O–H groups in total. The lowest BCUT2D eigenvalue weighted by Gasteiger charge is -2.19. The number of carbonyl (C=O) groups is 3. The number of carbonyl (C=O) groups excluding carboxylic acids is 3. The molecule has 1 saturated heterocycles. The zero-order valence-electron chi connectivity index (χ0n) is 10.9. The van der Waals surface area contributed by atoms with E-state index in [9.17, 15) is 19.5 Å². The van der Waals surface area contributed by atoms with Crippen molar-refractivity contribution in [2.45, 2.75) is 25.7 Å². The summed E-state index contributed by atoms with van der Waals surface area (Å²) in [6.07, 6.45) is 3.30. The smallest absolute Gasteiger partial charge is 0.237 e. The van der Waals surface area contributed by atoms with Gasteiger partial charge < -0.3 is 9.90 Å². The molecule has 2 atom stereocenters. The molecule has 2 amide bonds. The maximum atomic E-state index is 12.4. The van der Waals surface area contributed by atoms with E-state index < -0.39 is 5.97 Å². The lowest BCUT2D eigenvalue weighted by molar-refractivity contribution is -0.254. The second-order valence-electron chi connectivity index (χ2n) is 5.31. The Balaban J connectivity index is 2.04. The molecule has 2 aliphatic rings. The summed E-state index contributed by atoms with van der Waals surface area (Å²) in [6.45, 7) is 0. The van der Waals surface area contributed by atoms with Crippen LogP contribution in [0.25, 0.3) is 0 Å². The third kappa shape index (κ3) is 1.81. The van der Waals surface area contributed by atoms with Crippen molar-refractivity contribution in [2.75, 3.05) is 4.90 Å². The molecular weight excluding hydrogens is 258 g/mol. The van der Waals surface area contributed by atoms with E-state index in [4.69, 9.17) is 0 Å². The summed E-state index contributed by atoms with van der Waals surface area (Å²) >= 11 is 0. The van der Waals surface area contributed by atoms with Crippen molar-refractivity contribution < 1.29 is 19.5 Å². The molecule has 0 spiro atoms. The molecule has 5 nitrogen and oxygen atoms in total. The molecule has 1 aromatic rings. The Morgan fingerprint density at radius 3 is 2.15 bits per heavy atom. The molecule has 1 saturated carbocycles. The van der Waals surface area contributed by atoms with E-state index in [1.807, 2.05) is 0 Å². The van der Waals surface area contributed by atoms with Gasteiger partial charge in [0.25, 0.3) is 0 Å². The number of para-hydroxylation sites is 1. The van der Waals surface area contributed by atoms with Gasteiger partial charge in [-0.25, -0.2) is 4.90 Å². The number of hydrogen-bond acceptors (Lipinski definition) is 4. The van der Waals surface area contributed by atoms with Crippen LogP contribution in [0.2, 0.25) is 0 Å². The van der Waals surface area contributed by atoms with Crippen LogP contribution in [0.15, 0.2) is 24.3 Å². The van der Waals surface area contributed by atoms with Crippen molar-refractivity contribution in [3.8, 4) is 0 Å². The summed E-state index contributed by atoms with van der Waals surface area (Å²) in [5.74, 6) is -2.49. The van der Waals surface area contributed by atoms with Gasteiger partial charge in [-0.15, -0.1) is 0 Å². The zero-order chi connectivity index (χ0) is 14.3. The van der Waals surface area contributed by atoms with Gasteiger partial charge in [0.05, 0.1) is 23.5 Å². The first-order valence-corrected chi connectivity index (χ1v) is 6.79. The Labute approximate surface area is 116 Å². The summed E-state index contributed by atoms with van der Waals surface area (Å²) in [5, 5.41) is 11.1. The lowest BCUT2D eigenvalue weighted by Crippen LogP contribution is -2.34. The third-order valence-corrected chi connectivity index (χ3v) is 4.21. The SMILES string of the molecule is O=C([O-])c1ccccc1N1C(=O)[C@H]2CCCC[C@@H]2C1=O. The van der Waals surface area contributed by atoms with Crippen molar-refractivity contribution in [2.24, 2.45) is 11.8 Å².